The van der Waals surface area contributed by atoms with Crippen molar-refractivity contribution >= 4 is 21.7 Å². The summed E-state index contributed by atoms with van der Waals surface area (Å²) in [5.41, 5.74) is 2.20. The smallest absolute Gasteiger partial charge is 0.144 e. The first-order chi connectivity index (χ1) is 9.31. The highest BCUT2D eigenvalue weighted by molar-refractivity contribution is 9.09. The van der Waals surface area contributed by atoms with Crippen molar-refractivity contribution in [3.63, 3.8) is 0 Å². The Bertz CT molecular complexity index is 507. The molecule has 0 aliphatic heterocycles. The topological polar surface area (TPSA) is 17.1 Å². The zero-order valence-corrected chi connectivity index (χ0v) is 12.3. The molecule has 2 aromatic carbocycles. The van der Waals surface area contributed by atoms with Gasteiger partial charge < -0.3 is 0 Å². The molecule has 0 fully saturated rings. The van der Waals surface area contributed by atoms with Crippen LogP contribution < -0.4 is 0 Å². The van der Waals surface area contributed by atoms with E-state index in [1.54, 1.807) is 0 Å². The number of ketones is 1. The summed E-state index contributed by atoms with van der Waals surface area (Å²) in [4.78, 5) is 12.5. The average Bonchev–Trinajstić information content (AvgIpc) is 2.46. The standard InChI is InChI=1S/C17H17BrO/c18-12-11-16(15-9-5-2-6-10-15)17(19)13-14-7-3-1-4-8-14/h1-10,16H,11-13H2/t16-/m0/s1. The van der Waals surface area contributed by atoms with Crippen LogP contribution in [0.15, 0.2) is 60.7 Å². The van der Waals surface area contributed by atoms with Crippen molar-refractivity contribution in [2.45, 2.75) is 18.8 Å². The average molecular weight is 317 g/mol. The summed E-state index contributed by atoms with van der Waals surface area (Å²) in [7, 11) is 0. The molecule has 0 spiro atoms. The molecule has 1 atom stereocenters. The number of halogens is 1. The zero-order valence-electron chi connectivity index (χ0n) is 10.8. The second-order valence-electron chi connectivity index (χ2n) is 4.57. The third kappa shape index (κ3) is 4.03. The van der Waals surface area contributed by atoms with Crippen LogP contribution in [0.5, 0.6) is 0 Å². The van der Waals surface area contributed by atoms with Crippen molar-refractivity contribution in [3.8, 4) is 0 Å². The first kappa shape index (κ1) is 14.0. The summed E-state index contributed by atoms with van der Waals surface area (Å²) < 4.78 is 0. The lowest BCUT2D eigenvalue weighted by molar-refractivity contribution is -0.119. The van der Waals surface area contributed by atoms with Gasteiger partial charge in [0.2, 0.25) is 0 Å². The van der Waals surface area contributed by atoms with Gasteiger partial charge in [0.1, 0.15) is 5.78 Å². The molecule has 1 nitrogen and oxygen atoms in total. The van der Waals surface area contributed by atoms with E-state index in [1.807, 2.05) is 60.7 Å². The molecule has 0 bridgehead atoms. The molecule has 2 heteroatoms. The molecule has 0 aromatic heterocycles. The number of carbonyl (C=O) groups is 1. The van der Waals surface area contributed by atoms with Crippen LogP contribution in [0.2, 0.25) is 0 Å². The van der Waals surface area contributed by atoms with E-state index >= 15 is 0 Å². The van der Waals surface area contributed by atoms with E-state index in [0.29, 0.717) is 6.42 Å². The van der Waals surface area contributed by atoms with E-state index in [0.717, 1.165) is 22.9 Å². The predicted molar refractivity (Wildman–Crippen MR) is 82.7 cm³/mol. The quantitative estimate of drug-likeness (QED) is 0.723. The Morgan fingerprint density at radius 3 is 2.11 bits per heavy atom. The Labute approximate surface area is 122 Å². The van der Waals surface area contributed by atoms with Crippen LogP contribution in [0.4, 0.5) is 0 Å². The molecule has 98 valence electrons. The van der Waals surface area contributed by atoms with E-state index in [1.165, 1.54) is 0 Å². The molecule has 0 aliphatic carbocycles. The minimum atomic E-state index is -0.0132. The maximum atomic E-state index is 12.5. The van der Waals surface area contributed by atoms with E-state index in [-0.39, 0.29) is 11.7 Å². The van der Waals surface area contributed by atoms with Crippen molar-refractivity contribution in [2.75, 3.05) is 5.33 Å². The number of benzene rings is 2. The monoisotopic (exact) mass is 316 g/mol. The van der Waals surface area contributed by atoms with Gasteiger partial charge in [-0.25, -0.2) is 0 Å². The lowest BCUT2D eigenvalue weighted by Crippen LogP contribution is -2.15. The summed E-state index contributed by atoms with van der Waals surface area (Å²) in [6, 6.07) is 20.0. The number of carbonyl (C=O) groups excluding carboxylic acids is 1. The molecule has 2 aromatic rings. The number of hydrogen-bond donors (Lipinski definition) is 0. The Balaban J connectivity index is 2.13. The lowest BCUT2D eigenvalue weighted by Gasteiger charge is -2.15. The van der Waals surface area contributed by atoms with Crippen LogP contribution in [0.3, 0.4) is 0 Å². The largest absolute Gasteiger partial charge is 0.299 e. The maximum absolute atomic E-state index is 12.5. The number of hydrogen-bond acceptors (Lipinski definition) is 1. The van der Waals surface area contributed by atoms with Gasteiger partial charge in [-0.1, -0.05) is 76.6 Å². The lowest BCUT2D eigenvalue weighted by atomic mass is 9.89. The number of Topliss-reactive ketones (excluding diaryl/α,β-unsaturated/α-hetero) is 1. The fourth-order valence-corrected chi connectivity index (χ4v) is 2.69. The van der Waals surface area contributed by atoms with E-state index in [4.69, 9.17) is 0 Å². The molecule has 0 aliphatic rings. The molecule has 0 heterocycles. The van der Waals surface area contributed by atoms with Crippen molar-refractivity contribution in [3.05, 3.63) is 71.8 Å². The van der Waals surface area contributed by atoms with Crippen LogP contribution >= 0.6 is 15.9 Å². The van der Waals surface area contributed by atoms with Gasteiger partial charge in [0, 0.05) is 17.7 Å². The van der Waals surface area contributed by atoms with Crippen molar-refractivity contribution in [2.24, 2.45) is 0 Å². The van der Waals surface area contributed by atoms with Gasteiger partial charge >= 0.3 is 0 Å². The minimum Gasteiger partial charge on any atom is -0.299 e. The van der Waals surface area contributed by atoms with Gasteiger partial charge in [0.25, 0.3) is 0 Å². The fourth-order valence-electron chi connectivity index (χ4n) is 2.23. The second kappa shape index (κ2) is 7.25. The molecule has 0 unspecified atom stereocenters. The highest BCUT2D eigenvalue weighted by Gasteiger charge is 2.19. The Kier molecular flexibility index (Phi) is 5.34. The SMILES string of the molecule is O=C(Cc1ccccc1)[C@@H](CCBr)c1ccccc1. The summed E-state index contributed by atoms with van der Waals surface area (Å²) in [6.45, 7) is 0. The van der Waals surface area contributed by atoms with Crippen LogP contribution in [0, 0.1) is 0 Å². The summed E-state index contributed by atoms with van der Waals surface area (Å²) in [5, 5.41) is 0.840. The van der Waals surface area contributed by atoms with Crippen LogP contribution in [-0.2, 0) is 11.2 Å². The van der Waals surface area contributed by atoms with E-state index in [9.17, 15) is 4.79 Å². The van der Waals surface area contributed by atoms with Gasteiger partial charge in [-0.05, 0) is 17.5 Å². The predicted octanol–water partition coefficient (Wildman–Crippen LogP) is 4.37. The van der Waals surface area contributed by atoms with E-state index in [2.05, 4.69) is 15.9 Å². The molecule has 2 rings (SSSR count). The normalized spacial score (nSPS) is 12.1. The molecule has 0 N–H and O–H groups in total. The van der Waals surface area contributed by atoms with Crippen molar-refractivity contribution < 1.29 is 4.79 Å². The summed E-state index contributed by atoms with van der Waals surface area (Å²) in [6.07, 6.45) is 1.35. The highest BCUT2D eigenvalue weighted by Crippen LogP contribution is 2.23. The Hall–Kier alpha value is -1.41. The molecule has 0 amide bonds. The number of alkyl halides is 1. The molecule has 0 saturated heterocycles. The van der Waals surface area contributed by atoms with Crippen LogP contribution in [0.1, 0.15) is 23.5 Å². The molecule has 0 saturated carbocycles. The summed E-state index contributed by atoms with van der Waals surface area (Å²) in [5.74, 6) is 0.276. The first-order valence-electron chi connectivity index (χ1n) is 6.49. The third-order valence-corrected chi connectivity index (χ3v) is 3.67. The zero-order chi connectivity index (χ0) is 13.5. The molecular weight excluding hydrogens is 300 g/mol. The van der Waals surface area contributed by atoms with Gasteiger partial charge in [-0.15, -0.1) is 0 Å². The molecule has 0 radical (unpaired) electrons. The van der Waals surface area contributed by atoms with Gasteiger partial charge in [-0.2, -0.15) is 0 Å². The van der Waals surface area contributed by atoms with Crippen LogP contribution in [-0.4, -0.2) is 11.1 Å². The Morgan fingerprint density at radius 2 is 1.53 bits per heavy atom. The summed E-state index contributed by atoms with van der Waals surface area (Å²) >= 11 is 3.45. The van der Waals surface area contributed by atoms with E-state index < -0.39 is 0 Å². The van der Waals surface area contributed by atoms with Crippen molar-refractivity contribution in [1.82, 2.24) is 0 Å². The maximum Gasteiger partial charge on any atom is 0.144 e. The van der Waals surface area contributed by atoms with Crippen LogP contribution in [0.25, 0.3) is 0 Å². The van der Waals surface area contributed by atoms with Crippen molar-refractivity contribution in [1.29, 1.82) is 0 Å². The van der Waals surface area contributed by atoms with Gasteiger partial charge in [-0.3, -0.25) is 4.79 Å². The Morgan fingerprint density at radius 1 is 0.947 bits per heavy atom. The highest BCUT2D eigenvalue weighted by atomic mass is 79.9. The fraction of sp³-hybridized carbons (Fsp3) is 0.235. The van der Waals surface area contributed by atoms with Gasteiger partial charge in [0.05, 0.1) is 0 Å². The third-order valence-electron chi connectivity index (χ3n) is 3.21. The molecule has 19 heavy (non-hydrogen) atoms. The first-order valence-corrected chi connectivity index (χ1v) is 7.61. The van der Waals surface area contributed by atoms with Gasteiger partial charge in [0.15, 0.2) is 0 Å². The number of rotatable bonds is 6. The minimum absolute atomic E-state index is 0.0132. The molecular formula is C17H17BrO. The second-order valence-corrected chi connectivity index (χ2v) is 5.36.